The van der Waals surface area contributed by atoms with E-state index in [0.29, 0.717) is 18.2 Å². The summed E-state index contributed by atoms with van der Waals surface area (Å²) in [6.07, 6.45) is 7.67. The summed E-state index contributed by atoms with van der Waals surface area (Å²) in [6.45, 7) is 4.60. The average molecular weight is 422 g/mol. The van der Waals surface area contributed by atoms with E-state index >= 15 is 0 Å². The molecule has 2 saturated heterocycles. The Morgan fingerprint density at radius 3 is 2.87 bits per heavy atom. The second-order valence-corrected chi connectivity index (χ2v) is 9.41. The van der Waals surface area contributed by atoms with Crippen LogP contribution in [0.1, 0.15) is 55.4 Å². The van der Waals surface area contributed by atoms with Crippen molar-refractivity contribution in [2.45, 2.75) is 51.5 Å². The molecule has 4 heterocycles. The van der Waals surface area contributed by atoms with E-state index in [1.807, 2.05) is 13.0 Å². The zero-order valence-corrected chi connectivity index (χ0v) is 18.4. The van der Waals surface area contributed by atoms with E-state index in [0.717, 1.165) is 57.6 Å². The molecule has 5 rings (SSSR count). The first-order chi connectivity index (χ1) is 15.0. The Morgan fingerprint density at radius 1 is 1.29 bits per heavy atom. The molecule has 1 unspecified atom stereocenters. The highest BCUT2D eigenvalue weighted by atomic mass is 16.5. The van der Waals surface area contributed by atoms with Gasteiger partial charge in [-0.25, -0.2) is 0 Å². The summed E-state index contributed by atoms with van der Waals surface area (Å²) < 4.78 is 5.44. The first-order valence-electron chi connectivity index (χ1n) is 11.4. The number of carbonyl (C=O) groups excluding carboxylic acids is 1. The molecule has 0 radical (unpaired) electrons. The smallest absolute Gasteiger partial charge is 0.243 e. The van der Waals surface area contributed by atoms with Crippen LogP contribution in [0, 0.1) is 12.3 Å². The summed E-state index contributed by atoms with van der Waals surface area (Å²) in [5.41, 5.74) is 2.72. The van der Waals surface area contributed by atoms with E-state index in [4.69, 9.17) is 4.52 Å². The minimum absolute atomic E-state index is 0.194. The van der Waals surface area contributed by atoms with Crippen LogP contribution in [-0.2, 0) is 11.2 Å². The number of amides is 1. The Hall–Kier alpha value is -2.67. The van der Waals surface area contributed by atoms with Crippen molar-refractivity contribution in [1.82, 2.24) is 24.9 Å². The number of piperidine rings is 1. The van der Waals surface area contributed by atoms with E-state index < -0.39 is 0 Å². The van der Waals surface area contributed by atoms with Gasteiger partial charge in [-0.05, 0) is 63.1 Å². The van der Waals surface area contributed by atoms with E-state index in [1.54, 1.807) is 0 Å². The Morgan fingerprint density at radius 2 is 2.10 bits per heavy atom. The van der Waals surface area contributed by atoms with Crippen LogP contribution < -0.4 is 0 Å². The van der Waals surface area contributed by atoms with Crippen molar-refractivity contribution in [2.75, 3.05) is 26.7 Å². The van der Waals surface area contributed by atoms with E-state index in [2.05, 4.69) is 56.4 Å². The SMILES string of the molecule is Cc1noc(C2CC3(CCN(C(=O)CCCc4c[nH]c5ccccc45)CC3)CN2C)n1. The zero-order chi connectivity index (χ0) is 21.4. The van der Waals surface area contributed by atoms with Gasteiger partial charge in [-0.3, -0.25) is 9.69 Å². The van der Waals surface area contributed by atoms with Crippen LogP contribution in [0.2, 0.25) is 0 Å². The molecule has 1 N–H and O–H groups in total. The molecule has 7 nitrogen and oxygen atoms in total. The molecule has 1 atom stereocenters. The van der Waals surface area contributed by atoms with Crippen molar-refractivity contribution < 1.29 is 9.32 Å². The molecule has 0 saturated carbocycles. The first kappa shape index (κ1) is 20.2. The number of aromatic amines is 1. The van der Waals surface area contributed by atoms with Gasteiger partial charge in [0.25, 0.3) is 0 Å². The van der Waals surface area contributed by atoms with Crippen LogP contribution in [0.15, 0.2) is 35.0 Å². The molecule has 1 spiro atoms. The fraction of sp³-hybridized carbons (Fsp3) is 0.542. The van der Waals surface area contributed by atoms with E-state index in [9.17, 15) is 4.79 Å². The lowest BCUT2D eigenvalue weighted by atomic mass is 9.76. The first-order valence-corrected chi connectivity index (χ1v) is 11.4. The molecule has 0 aliphatic carbocycles. The molecule has 2 aromatic heterocycles. The molecule has 1 amide bonds. The third kappa shape index (κ3) is 3.99. The summed E-state index contributed by atoms with van der Waals surface area (Å²) >= 11 is 0. The van der Waals surface area contributed by atoms with Gasteiger partial charge in [0.15, 0.2) is 5.82 Å². The molecular formula is C24H31N5O2. The van der Waals surface area contributed by atoms with Gasteiger partial charge >= 0.3 is 0 Å². The quantitative estimate of drug-likeness (QED) is 0.677. The molecule has 2 fully saturated rings. The topological polar surface area (TPSA) is 78.3 Å². The summed E-state index contributed by atoms with van der Waals surface area (Å²) in [7, 11) is 2.14. The number of rotatable bonds is 5. The zero-order valence-electron chi connectivity index (χ0n) is 18.4. The second-order valence-electron chi connectivity index (χ2n) is 9.41. The standard InChI is InChI=1S/C24H31N5O2/c1-17-26-23(31-27-17)21-14-24(16-28(21)2)10-12-29(13-11-24)22(30)9-5-6-18-15-25-20-8-4-3-7-19(18)20/h3-4,7-8,15,21,25H,5-6,9-14,16H2,1-2H3. The number of aromatic nitrogens is 3. The third-order valence-corrected chi connectivity index (χ3v) is 7.26. The lowest BCUT2D eigenvalue weighted by Gasteiger charge is -2.39. The van der Waals surface area contributed by atoms with Crippen molar-refractivity contribution in [3.63, 3.8) is 0 Å². The van der Waals surface area contributed by atoms with Gasteiger partial charge in [0.05, 0.1) is 6.04 Å². The van der Waals surface area contributed by atoms with Crippen molar-refractivity contribution in [2.24, 2.45) is 5.41 Å². The summed E-state index contributed by atoms with van der Waals surface area (Å²) in [5.74, 6) is 1.72. The Kier molecular flexibility index (Phi) is 5.30. The van der Waals surface area contributed by atoms with Crippen molar-refractivity contribution >= 4 is 16.8 Å². The van der Waals surface area contributed by atoms with Crippen LogP contribution in [0.5, 0.6) is 0 Å². The predicted octanol–water partition coefficient (Wildman–Crippen LogP) is 3.87. The van der Waals surface area contributed by atoms with Gasteiger partial charge in [0.1, 0.15) is 0 Å². The van der Waals surface area contributed by atoms with E-state index in [-0.39, 0.29) is 11.5 Å². The second kappa shape index (κ2) is 8.11. The van der Waals surface area contributed by atoms with Crippen LogP contribution in [0.3, 0.4) is 0 Å². The maximum Gasteiger partial charge on any atom is 0.243 e. The number of H-pyrrole nitrogens is 1. The molecule has 1 aromatic carbocycles. The Bertz CT molecular complexity index is 1060. The normalized spacial score (nSPS) is 21.4. The average Bonchev–Trinajstić information content (AvgIpc) is 3.46. The number of nitrogens with zero attached hydrogens (tertiary/aromatic N) is 4. The predicted molar refractivity (Wildman–Crippen MR) is 119 cm³/mol. The maximum atomic E-state index is 12.8. The van der Waals surface area contributed by atoms with Gasteiger partial charge in [-0.1, -0.05) is 23.4 Å². The number of hydrogen-bond donors (Lipinski definition) is 1. The van der Waals surface area contributed by atoms with Crippen LogP contribution >= 0.6 is 0 Å². The van der Waals surface area contributed by atoms with Gasteiger partial charge in [0, 0.05) is 43.2 Å². The fourth-order valence-corrected chi connectivity index (χ4v) is 5.51. The fourth-order valence-electron chi connectivity index (χ4n) is 5.51. The van der Waals surface area contributed by atoms with Gasteiger partial charge in [-0.2, -0.15) is 4.98 Å². The molecule has 31 heavy (non-hydrogen) atoms. The minimum Gasteiger partial charge on any atom is -0.361 e. The number of nitrogens with one attached hydrogen (secondary N) is 1. The summed E-state index contributed by atoms with van der Waals surface area (Å²) in [4.78, 5) is 25.0. The van der Waals surface area contributed by atoms with Gasteiger partial charge < -0.3 is 14.4 Å². The minimum atomic E-state index is 0.194. The number of para-hydroxylation sites is 1. The Balaban J connectivity index is 1.12. The van der Waals surface area contributed by atoms with Crippen molar-refractivity contribution in [3.05, 3.63) is 47.7 Å². The summed E-state index contributed by atoms with van der Waals surface area (Å²) in [6, 6.07) is 8.55. The number of benzene rings is 1. The summed E-state index contributed by atoms with van der Waals surface area (Å²) in [5, 5.41) is 5.23. The van der Waals surface area contributed by atoms with E-state index in [1.165, 1.54) is 16.5 Å². The molecule has 7 heteroatoms. The molecule has 164 valence electrons. The Labute approximate surface area is 182 Å². The number of hydrogen-bond acceptors (Lipinski definition) is 5. The van der Waals surface area contributed by atoms with Crippen LogP contribution in [-0.4, -0.2) is 57.5 Å². The van der Waals surface area contributed by atoms with Crippen molar-refractivity contribution in [3.8, 4) is 0 Å². The lowest BCUT2D eigenvalue weighted by Crippen LogP contribution is -2.44. The molecule has 2 aliphatic heterocycles. The lowest BCUT2D eigenvalue weighted by molar-refractivity contribution is -0.133. The third-order valence-electron chi connectivity index (χ3n) is 7.26. The van der Waals surface area contributed by atoms with Crippen LogP contribution in [0.4, 0.5) is 0 Å². The molecule has 3 aromatic rings. The molecular weight excluding hydrogens is 390 g/mol. The highest BCUT2D eigenvalue weighted by Crippen LogP contribution is 2.48. The van der Waals surface area contributed by atoms with Gasteiger partial charge in [-0.15, -0.1) is 0 Å². The van der Waals surface area contributed by atoms with Crippen molar-refractivity contribution in [1.29, 1.82) is 0 Å². The van der Waals surface area contributed by atoms with Crippen LogP contribution in [0.25, 0.3) is 10.9 Å². The monoisotopic (exact) mass is 421 g/mol. The highest BCUT2D eigenvalue weighted by molar-refractivity contribution is 5.83. The number of fused-ring (bicyclic) bond motifs is 1. The number of carbonyl (C=O) groups is 1. The molecule has 2 aliphatic rings. The molecule has 0 bridgehead atoms. The largest absolute Gasteiger partial charge is 0.361 e. The number of likely N-dealkylation sites (tertiary alicyclic amines) is 2. The highest BCUT2D eigenvalue weighted by Gasteiger charge is 2.46. The number of aryl methyl sites for hydroxylation is 2. The van der Waals surface area contributed by atoms with Gasteiger partial charge in [0.2, 0.25) is 11.8 Å². The maximum absolute atomic E-state index is 12.8.